The SMILES string of the molecule is CCOC(=O)[C@@]1(Cc2cc(Br)c(O)c(Br)c2)CC1C(=O)O.CCOC(=O)[C@@]1(Cc2ccc(O)c(Br)c2)CC1C(=O)O.CCOC(=O)[C@@]1(Cc2ccc(O)cc2)CC1C(=O)O.CCOC(=O)[C@@]1(Cc2ccc(OCc3cc(C)nc4ccccc34)c(Br)c2)CC1C(=O)NO.COC(=O)[C@@]1(Cc2ccc(O)cc2)CC1C(=O)O.COC(=O)[C@@]1(Cc2ccc(O)cc2)CC1C(=O)O.COC(=O)[C@@]1(Cc2ccc(O)cc2)CC1C(=O)O.[B]. The summed E-state index contributed by atoms with van der Waals surface area (Å²) in [6, 6.07) is 49.4. The Hall–Kier alpha value is -13.7. The van der Waals surface area contributed by atoms with Crippen molar-refractivity contribution in [1.82, 2.24) is 10.5 Å². The number of phenolic OH excluding ortho intramolecular Hbond substituents is 6. The third-order valence-electron chi connectivity index (χ3n) is 27.0. The van der Waals surface area contributed by atoms with Gasteiger partial charge in [-0.25, -0.2) is 5.48 Å². The number of para-hydroxylation sites is 1. The zero-order valence-corrected chi connectivity index (χ0v) is 87.9. The molecule has 0 aliphatic heterocycles. The maximum Gasteiger partial charge on any atom is 0.313 e. The second kappa shape index (κ2) is 50.3. The quantitative estimate of drug-likeness (QED) is 0.00577. The fraction of sp³-hybridized carbons (Fsp3) is 0.387. The molecule has 7 aliphatic carbocycles. The highest BCUT2D eigenvalue weighted by atomic mass is 79.9. The van der Waals surface area contributed by atoms with E-state index in [2.05, 4.69) is 68.7 Å². The smallest absolute Gasteiger partial charge is 0.313 e. The van der Waals surface area contributed by atoms with Gasteiger partial charge < -0.3 is 99.2 Å². The molecule has 1 heterocycles. The molecule has 14 N–H and O–H groups in total. The van der Waals surface area contributed by atoms with E-state index in [1.165, 1.54) is 75.9 Å². The van der Waals surface area contributed by atoms with Gasteiger partial charge >= 0.3 is 77.6 Å². The second-order valence-electron chi connectivity index (χ2n) is 36.8. The third-order valence-corrected chi connectivity index (χ3v) is 29.5. The Kier molecular flexibility index (Phi) is 40.1. The summed E-state index contributed by atoms with van der Waals surface area (Å²) < 4.78 is 42.7. The molecule has 7 saturated carbocycles. The number of pyridine rings is 1. The van der Waals surface area contributed by atoms with Crippen molar-refractivity contribution < 1.29 is 172 Å². The highest BCUT2D eigenvalue weighted by molar-refractivity contribution is 9.11. The largest absolute Gasteiger partial charge is 0.508 e. The monoisotopic (exact) mass is 2300 g/mol. The van der Waals surface area contributed by atoms with Gasteiger partial charge in [0.1, 0.15) is 46.9 Å². The minimum atomic E-state index is -1.00. The molecule has 1 amide bonds. The number of aliphatic carboxylic acids is 6. The Morgan fingerprint density at radius 3 is 0.885 bits per heavy atom. The number of hydrogen-bond acceptors (Lipinski definition) is 30. The molecule has 148 heavy (non-hydrogen) atoms. The summed E-state index contributed by atoms with van der Waals surface area (Å²) in [7, 11) is 3.79. The number of methoxy groups -OCH3 is 3. The number of hydroxylamine groups is 1. The first-order chi connectivity index (χ1) is 69.6. The molecule has 3 radical (unpaired) electrons. The lowest BCUT2D eigenvalue weighted by atomic mass is 9.93. The van der Waals surface area contributed by atoms with Crippen LogP contribution in [0.1, 0.15) is 123 Å². The first kappa shape index (κ1) is 118. The van der Waals surface area contributed by atoms with E-state index in [-0.39, 0.29) is 82.2 Å². The average molecular weight is 2300 g/mol. The van der Waals surface area contributed by atoms with Crippen LogP contribution in [0.25, 0.3) is 10.9 Å². The molecule has 787 valence electrons. The number of carbonyl (C=O) groups is 14. The van der Waals surface area contributed by atoms with Gasteiger partial charge in [0.15, 0.2) is 0 Å². The van der Waals surface area contributed by atoms with Crippen LogP contribution in [-0.4, -0.2) is 211 Å². The van der Waals surface area contributed by atoms with Gasteiger partial charge in [-0.2, -0.15) is 0 Å². The number of halogens is 4. The predicted molar refractivity (Wildman–Crippen MR) is 540 cm³/mol. The minimum absolute atomic E-state index is 0. The average Bonchev–Trinajstić information content (AvgIpc) is 1.22. The zero-order valence-electron chi connectivity index (χ0n) is 81.6. The van der Waals surface area contributed by atoms with Crippen molar-refractivity contribution in [1.29, 1.82) is 0 Å². The Bertz CT molecular complexity index is 6170. The van der Waals surface area contributed by atoms with Crippen LogP contribution in [0.15, 0.2) is 194 Å². The van der Waals surface area contributed by atoms with Gasteiger partial charge in [-0.15, -0.1) is 0 Å². The molecule has 9 aromatic rings. The number of fused-ring (bicyclic) bond motifs is 1. The first-order valence-corrected chi connectivity index (χ1v) is 49.5. The maximum absolute atomic E-state index is 12.6. The van der Waals surface area contributed by atoms with E-state index in [4.69, 9.17) is 68.6 Å². The predicted octanol–water partition coefficient (Wildman–Crippen LogP) is 14.8. The summed E-state index contributed by atoms with van der Waals surface area (Å²) in [4.78, 5) is 167. The topological polar surface area (TPSA) is 601 Å². The summed E-state index contributed by atoms with van der Waals surface area (Å²) >= 11 is 13.2. The summed E-state index contributed by atoms with van der Waals surface area (Å²) in [6.45, 7) is 10.1. The van der Waals surface area contributed by atoms with Gasteiger partial charge in [-0.3, -0.25) is 77.3 Å². The number of esters is 7. The number of benzene rings is 8. The molecular weight excluding hydrogens is 2190 g/mol. The molecule has 14 atom stereocenters. The van der Waals surface area contributed by atoms with E-state index in [9.17, 15) is 103 Å². The van der Waals surface area contributed by atoms with Crippen LogP contribution in [0.5, 0.6) is 40.2 Å². The van der Waals surface area contributed by atoms with E-state index in [1.807, 2.05) is 55.5 Å². The Balaban J connectivity index is 0.000000194. The van der Waals surface area contributed by atoms with E-state index in [1.54, 1.807) is 106 Å². The Morgan fingerprint density at radius 1 is 0.338 bits per heavy atom. The number of carboxylic acid groups (broad SMARTS) is 6. The third kappa shape index (κ3) is 28.2. The standard InChI is InChI=1S/C25H25BrN2O5.C14H14Br2O5.C14H15BrO5.C14H16O5.3C13H14O5.B/c1-3-32-24(30)25(13-19(25)23(29)28-31)12-16-8-9-22(20(26)11-16)33-14-17-10-15(2)27-21-7-5-4-6-18(17)21;1-2-21-13(20)14(6-8(14)12(18)19)5-7-3-9(15)11(17)10(16)4-7;1-2-20-13(19)14(7-9(14)12(17)18)6-8-3-4-11(16)10(15)5-8;1-2-19-13(18)14(8-11(14)12(16)17)7-9-3-5-10(15)6-4-9;3*1-18-12(17)13(7-10(13)11(15)16)6-8-2-4-9(14)5-3-8;/h4-11,19,31H,3,12-14H2,1-2H3,(H,28,29);3-4,8,17H,2,5-6H2,1H3,(H,18,19);3-5,9,16H,2,6-7H2,1H3,(H,17,18);3-6,11,15H,2,7-8H2,1H3,(H,16,17);3*2-5,10,14H,6-7H2,1H3,(H,15,16);/t19?,25-;8?,14-;9?,14-;11?,14-;3*10?,13-;/m0000000./s1. The molecule has 16 rings (SSSR count). The van der Waals surface area contributed by atoms with Crippen LogP contribution >= 0.6 is 63.7 Å². The molecule has 0 bridgehead atoms. The number of nitrogens with zero attached hydrogens (tertiary/aromatic N) is 1. The van der Waals surface area contributed by atoms with Gasteiger partial charge in [0.05, 0.1) is 150 Å². The van der Waals surface area contributed by atoms with E-state index in [0.29, 0.717) is 103 Å². The normalized spacial score (nSPS) is 23.4. The summed E-state index contributed by atoms with van der Waals surface area (Å²) in [5.74, 6) is -13.0. The molecular formula is C106H112BBr4N2O35. The number of ether oxygens (including phenoxy) is 8. The summed E-state index contributed by atoms with van der Waals surface area (Å²) in [6.07, 6.45) is 4.27. The van der Waals surface area contributed by atoms with Crippen molar-refractivity contribution >= 4 is 167 Å². The number of carbonyl (C=O) groups excluding carboxylic acids is 8. The molecule has 7 aliphatic rings. The molecule has 37 nitrogen and oxygen atoms in total. The lowest BCUT2D eigenvalue weighted by Gasteiger charge is -2.17. The Labute approximate surface area is 885 Å². The number of aromatic hydroxyl groups is 6. The van der Waals surface area contributed by atoms with Crippen molar-refractivity contribution in [2.45, 2.75) is 131 Å². The molecule has 1 aromatic heterocycles. The van der Waals surface area contributed by atoms with E-state index < -0.39 is 163 Å². The van der Waals surface area contributed by atoms with Crippen molar-refractivity contribution in [3.05, 3.63) is 244 Å². The van der Waals surface area contributed by atoms with Crippen molar-refractivity contribution in [3.8, 4) is 40.2 Å². The van der Waals surface area contributed by atoms with Crippen LogP contribution in [0, 0.1) is 86.3 Å². The van der Waals surface area contributed by atoms with Crippen LogP contribution < -0.4 is 10.2 Å². The molecule has 0 spiro atoms. The van der Waals surface area contributed by atoms with Gasteiger partial charge in [-0.1, -0.05) is 78.9 Å². The second-order valence-corrected chi connectivity index (χ2v) is 40.3. The number of nitrogens with one attached hydrogen (secondary N) is 1. The highest BCUT2D eigenvalue weighted by Gasteiger charge is 2.70. The van der Waals surface area contributed by atoms with Gasteiger partial charge in [0.25, 0.3) is 0 Å². The molecule has 8 aromatic carbocycles. The van der Waals surface area contributed by atoms with E-state index in [0.717, 1.165) is 65.6 Å². The number of amides is 1. The molecule has 7 fully saturated rings. The molecule has 0 saturated heterocycles. The van der Waals surface area contributed by atoms with Crippen LogP contribution in [-0.2, 0) is 152 Å². The number of carboxylic acids is 6. The maximum atomic E-state index is 12.6. The van der Waals surface area contributed by atoms with Crippen molar-refractivity contribution in [2.75, 3.05) is 47.8 Å². The van der Waals surface area contributed by atoms with Crippen LogP contribution in [0.2, 0.25) is 0 Å². The number of aryl methyl sites for hydroxylation is 1. The van der Waals surface area contributed by atoms with Gasteiger partial charge in [0, 0.05) is 25.1 Å². The number of aromatic nitrogens is 1. The van der Waals surface area contributed by atoms with Crippen molar-refractivity contribution in [3.63, 3.8) is 0 Å². The first-order valence-electron chi connectivity index (χ1n) is 46.3. The lowest BCUT2D eigenvalue weighted by Crippen LogP contribution is -2.30. The van der Waals surface area contributed by atoms with Gasteiger partial charge in [0.2, 0.25) is 5.91 Å². The summed E-state index contributed by atoms with van der Waals surface area (Å²) in [5.41, 5.74) is 3.47. The van der Waals surface area contributed by atoms with Crippen LogP contribution in [0.4, 0.5) is 0 Å². The number of phenols is 6. The molecule has 42 heteroatoms. The fourth-order valence-electron chi connectivity index (χ4n) is 18.5. The number of hydrogen-bond donors (Lipinski definition) is 14. The fourth-order valence-corrected chi connectivity index (χ4v) is 20.7. The Morgan fingerprint density at radius 2 is 0.601 bits per heavy atom. The minimum Gasteiger partial charge on any atom is -0.508 e. The van der Waals surface area contributed by atoms with Crippen molar-refractivity contribution in [2.24, 2.45) is 79.3 Å². The zero-order chi connectivity index (χ0) is 108. The lowest BCUT2D eigenvalue weighted by molar-refractivity contribution is -0.153. The van der Waals surface area contributed by atoms with Gasteiger partial charge in [-0.05, 0) is 324 Å². The highest BCUT2D eigenvalue weighted by Crippen LogP contribution is 2.62. The summed E-state index contributed by atoms with van der Waals surface area (Å²) in [5, 5.41) is 120. The molecule has 7 unspecified atom stereocenters. The number of rotatable bonds is 35. The van der Waals surface area contributed by atoms with Crippen LogP contribution in [0.3, 0.4) is 0 Å². The van der Waals surface area contributed by atoms with E-state index >= 15 is 0 Å².